The van der Waals surface area contributed by atoms with Gasteiger partial charge in [0.15, 0.2) is 6.17 Å². The van der Waals surface area contributed by atoms with Crippen LogP contribution < -0.4 is 5.73 Å². The maximum absolute atomic E-state index is 6.85. The predicted molar refractivity (Wildman–Crippen MR) is 234 cm³/mol. The summed E-state index contributed by atoms with van der Waals surface area (Å²) in [4.78, 5) is 10.2. The van der Waals surface area contributed by atoms with Crippen molar-refractivity contribution in [2.75, 3.05) is 0 Å². The quantitative estimate of drug-likeness (QED) is 0.123. The lowest BCUT2D eigenvalue weighted by Crippen LogP contribution is -2.15. The molecule has 0 aliphatic rings. The van der Waals surface area contributed by atoms with Gasteiger partial charge in [-0.05, 0) is 71.3 Å². The van der Waals surface area contributed by atoms with E-state index >= 15 is 0 Å². The largest absolute Gasteiger partial charge is 0.383 e. The van der Waals surface area contributed by atoms with Gasteiger partial charge in [-0.3, -0.25) is 4.99 Å². The fourth-order valence-corrected chi connectivity index (χ4v) is 7.97. The molecule has 10 rings (SSSR count). The summed E-state index contributed by atoms with van der Waals surface area (Å²) in [6.45, 7) is 0. The van der Waals surface area contributed by atoms with E-state index in [0.717, 1.165) is 55.7 Å². The van der Waals surface area contributed by atoms with Crippen molar-refractivity contribution in [3.05, 3.63) is 217 Å². The van der Waals surface area contributed by atoms with E-state index < -0.39 is 6.17 Å². The van der Waals surface area contributed by atoms with Crippen molar-refractivity contribution in [2.45, 2.75) is 6.17 Å². The molecule has 0 bridgehead atoms. The van der Waals surface area contributed by atoms with Crippen LogP contribution in [0, 0.1) is 0 Å². The lowest BCUT2D eigenvalue weighted by Gasteiger charge is -2.14. The average molecular weight is 720 g/mol. The Kier molecular flexibility index (Phi) is 8.30. The molecular weight excluding hydrogens is 683 g/mol. The Morgan fingerprint density at radius 1 is 0.446 bits per heavy atom. The van der Waals surface area contributed by atoms with Crippen molar-refractivity contribution in [3.8, 4) is 22.5 Å². The molecule has 0 amide bonds. The highest BCUT2D eigenvalue weighted by molar-refractivity contribution is 6.19. The molecule has 266 valence electrons. The number of aliphatic imine (C=N–C) groups is 2. The summed E-state index contributed by atoms with van der Waals surface area (Å²) in [6.07, 6.45) is 1.30. The number of para-hydroxylation sites is 3. The van der Waals surface area contributed by atoms with Crippen molar-refractivity contribution < 1.29 is 0 Å². The summed E-state index contributed by atoms with van der Waals surface area (Å²) < 4.78 is 4.75. The van der Waals surface area contributed by atoms with Gasteiger partial charge in [-0.1, -0.05) is 146 Å². The van der Waals surface area contributed by atoms with E-state index in [1.165, 1.54) is 27.1 Å². The molecule has 0 fully saturated rings. The molecule has 0 radical (unpaired) electrons. The number of hydrogen-bond acceptors (Lipinski definition) is 2. The molecule has 2 aromatic heterocycles. The number of nitrogens with two attached hydrogens (primary N) is 1. The van der Waals surface area contributed by atoms with Crippen LogP contribution in [0.5, 0.6) is 0 Å². The van der Waals surface area contributed by atoms with Gasteiger partial charge in [0.05, 0.1) is 22.1 Å². The van der Waals surface area contributed by atoms with Crippen molar-refractivity contribution in [2.24, 2.45) is 15.7 Å². The van der Waals surface area contributed by atoms with Crippen molar-refractivity contribution >= 4 is 55.7 Å². The van der Waals surface area contributed by atoms with Gasteiger partial charge in [-0.15, -0.1) is 0 Å². The van der Waals surface area contributed by atoms with E-state index in [1.54, 1.807) is 0 Å². The number of rotatable bonds is 8. The van der Waals surface area contributed by atoms with Gasteiger partial charge in [-0.2, -0.15) is 0 Å². The Bertz CT molecular complexity index is 3080. The summed E-state index contributed by atoms with van der Waals surface area (Å²) >= 11 is 0. The van der Waals surface area contributed by atoms with Crippen molar-refractivity contribution in [3.63, 3.8) is 0 Å². The summed E-state index contributed by atoms with van der Waals surface area (Å²) in [7, 11) is 0. The third-order valence-corrected chi connectivity index (χ3v) is 10.6. The molecule has 0 aliphatic heterocycles. The van der Waals surface area contributed by atoms with E-state index in [-0.39, 0.29) is 0 Å². The zero-order chi connectivity index (χ0) is 37.4. The zero-order valence-corrected chi connectivity index (χ0v) is 30.6. The molecule has 0 aliphatic carbocycles. The first-order chi connectivity index (χ1) is 27.7. The highest BCUT2D eigenvalue weighted by Crippen LogP contribution is 2.40. The van der Waals surface area contributed by atoms with Crippen LogP contribution in [-0.2, 0) is 0 Å². The van der Waals surface area contributed by atoms with E-state index in [1.807, 2.05) is 66.9 Å². The monoisotopic (exact) mass is 719 g/mol. The molecular formula is C51H37N5. The van der Waals surface area contributed by atoms with Crippen LogP contribution in [0.3, 0.4) is 0 Å². The van der Waals surface area contributed by atoms with Crippen LogP contribution in [0.2, 0.25) is 0 Å². The normalized spacial score (nSPS) is 12.7. The van der Waals surface area contributed by atoms with E-state index in [2.05, 4.69) is 149 Å². The fraction of sp³-hybridized carbons (Fsp3) is 0.0196. The molecule has 56 heavy (non-hydrogen) atoms. The van der Waals surface area contributed by atoms with Crippen molar-refractivity contribution in [1.82, 2.24) is 9.13 Å². The van der Waals surface area contributed by atoms with Crippen LogP contribution in [0.4, 0.5) is 0 Å². The first kappa shape index (κ1) is 33.1. The van der Waals surface area contributed by atoms with Gasteiger partial charge in [0.25, 0.3) is 0 Å². The van der Waals surface area contributed by atoms with Gasteiger partial charge in [0, 0.05) is 50.3 Å². The highest BCUT2D eigenvalue weighted by Gasteiger charge is 2.19. The number of fused-ring (bicyclic) bond motifs is 6. The summed E-state index contributed by atoms with van der Waals surface area (Å²) in [6, 6.07) is 69.9. The molecule has 2 heterocycles. The summed E-state index contributed by atoms with van der Waals surface area (Å²) in [5.41, 5.74) is 18.6. The topological polar surface area (TPSA) is 60.6 Å². The second kappa shape index (κ2) is 14.0. The first-order valence-electron chi connectivity index (χ1n) is 18.9. The molecule has 2 N–H and O–H groups in total. The van der Waals surface area contributed by atoms with Crippen LogP contribution in [0.15, 0.2) is 210 Å². The zero-order valence-electron chi connectivity index (χ0n) is 30.6. The number of aromatic nitrogens is 2. The maximum Gasteiger partial charge on any atom is 0.167 e. The van der Waals surface area contributed by atoms with E-state index in [9.17, 15) is 0 Å². The van der Waals surface area contributed by atoms with Crippen LogP contribution in [0.25, 0.3) is 66.1 Å². The summed E-state index contributed by atoms with van der Waals surface area (Å²) in [5, 5.41) is 4.86. The number of amidine groups is 1. The number of hydrogen-bond donors (Lipinski definition) is 1. The Balaban J connectivity index is 1.15. The third-order valence-electron chi connectivity index (χ3n) is 10.6. The molecule has 5 nitrogen and oxygen atoms in total. The summed E-state index contributed by atoms with van der Waals surface area (Å²) in [5.74, 6) is 0.427. The van der Waals surface area contributed by atoms with E-state index in [4.69, 9.17) is 15.7 Å². The van der Waals surface area contributed by atoms with Gasteiger partial charge in [-0.25, -0.2) is 4.99 Å². The van der Waals surface area contributed by atoms with Gasteiger partial charge < -0.3 is 14.9 Å². The standard InChI is InChI=1S/C51H37N5/c52-50(38-21-14-20-37(30-38)36-18-6-2-7-19-36)54-51(53-34-35-16-4-1-5-17-35)39-22-15-25-41(31-39)56-47-29-13-11-27-43(47)45-32-44-42-26-10-12-28-46(42)55(48(44)33-49(45)56)40-23-8-3-9-24-40/h1-34,51H,(H2,52,54). The minimum Gasteiger partial charge on any atom is -0.383 e. The molecule has 0 saturated carbocycles. The molecule has 0 spiro atoms. The van der Waals surface area contributed by atoms with Crippen LogP contribution >= 0.6 is 0 Å². The predicted octanol–water partition coefficient (Wildman–Crippen LogP) is 12.1. The Morgan fingerprint density at radius 3 is 1.70 bits per heavy atom. The van der Waals surface area contributed by atoms with Crippen LogP contribution in [0.1, 0.15) is 22.9 Å². The Morgan fingerprint density at radius 2 is 1.00 bits per heavy atom. The maximum atomic E-state index is 6.85. The average Bonchev–Trinajstić information content (AvgIpc) is 3.77. The third kappa shape index (κ3) is 5.92. The van der Waals surface area contributed by atoms with E-state index in [0.29, 0.717) is 5.84 Å². The molecule has 1 unspecified atom stereocenters. The second-order valence-corrected chi connectivity index (χ2v) is 14.0. The van der Waals surface area contributed by atoms with Gasteiger partial charge in [0.2, 0.25) is 0 Å². The lowest BCUT2D eigenvalue weighted by atomic mass is 10.0. The van der Waals surface area contributed by atoms with Gasteiger partial charge >= 0.3 is 0 Å². The molecule has 8 aromatic carbocycles. The first-order valence-corrected chi connectivity index (χ1v) is 18.9. The number of benzene rings is 8. The molecule has 5 heteroatoms. The SMILES string of the molecule is NC(=NC(N=Cc1ccccc1)c1cccc(-n2c3ccccc3c3cc4c5ccccc5n(-c5ccccc5)c4cc32)c1)c1cccc(-c2ccccc2)c1. The fourth-order valence-electron chi connectivity index (χ4n) is 7.97. The minimum atomic E-state index is -0.587. The molecule has 1 atom stereocenters. The van der Waals surface area contributed by atoms with Crippen LogP contribution in [-0.4, -0.2) is 21.2 Å². The Labute approximate surface area is 325 Å². The highest BCUT2D eigenvalue weighted by atomic mass is 15.0. The minimum absolute atomic E-state index is 0.427. The lowest BCUT2D eigenvalue weighted by molar-refractivity contribution is 0.780. The Hall–Kier alpha value is -7.50. The molecule has 10 aromatic rings. The van der Waals surface area contributed by atoms with Crippen molar-refractivity contribution in [1.29, 1.82) is 0 Å². The van der Waals surface area contributed by atoms with Gasteiger partial charge in [0.1, 0.15) is 5.84 Å². The second-order valence-electron chi connectivity index (χ2n) is 14.0. The smallest absolute Gasteiger partial charge is 0.167 e. The molecule has 0 saturated heterocycles. The number of nitrogens with zero attached hydrogens (tertiary/aromatic N) is 4.